The molecule has 0 bridgehead atoms. The van der Waals surface area contributed by atoms with Crippen LogP contribution in [0.4, 0.5) is 0 Å². The first-order valence-electron chi connectivity index (χ1n) is 5.57. The Bertz CT molecular complexity index is 382. The molecule has 0 radical (unpaired) electrons. The fourth-order valence-electron chi connectivity index (χ4n) is 1.53. The van der Waals surface area contributed by atoms with Crippen molar-refractivity contribution in [2.75, 3.05) is 34.2 Å². The lowest BCUT2D eigenvalue weighted by molar-refractivity contribution is 0.276. The van der Waals surface area contributed by atoms with E-state index in [1.807, 2.05) is 18.2 Å². The molecule has 1 aromatic carbocycles. The van der Waals surface area contributed by atoms with E-state index in [1.54, 1.807) is 6.07 Å². The predicted molar refractivity (Wildman–Crippen MR) is 71.9 cm³/mol. The number of nitrogens with two attached hydrogens (primary N) is 1. The lowest BCUT2D eigenvalue weighted by atomic mass is 10.2. The molecule has 0 saturated heterocycles. The Kier molecular flexibility index (Phi) is 5.77. The zero-order valence-electron chi connectivity index (χ0n) is 10.7. The van der Waals surface area contributed by atoms with Crippen molar-refractivity contribution < 1.29 is 4.21 Å². The van der Waals surface area contributed by atoms with E-state index in [4.69, 9.17) is 5.14 Å². The molecule has 0 saturated carbocycles. The van der Waals surface area contributed by atoms with E-state index >= 15 is 0 Å². The van der Waals surface area contributed by atoms with Crippen LogP contribution in [0, 0.1) is 0 Å². The summed E-state index contributed by atoms with van der Waals surface area (Å²) in [5.41, 5.74) is 1.14. The van der Waals surface area contributed by atoms with Gasteiger partial charge in [-0.2, -0.15) is 0 Å². The van der Waals surface area contributed by atoms with Gasteiger partial charge < -0.3 is 9.80 Å². The van der Waals surface area contributed by atoms with Gasteiger partial charge in [0.05, 0.1) is 4.90 Å². The zero-order valence-corrected chi connectivity index (χ0v) is 11.5. The lowest BCUT2D eigenvalue weighted by Crippen LogP contribution is -2.28. The first kappa shape index (κ1) is 14.3. The number of hydrogen-bond acceptors (Lipinski definition) is 3. The quantitative estimate of drug-likeness (QED) is 0.812. The highest BCUT2D eigenvalue weighted by Gasteiger charge is 2.03. The van der Waals surface area contributed by atoms with Crippen molar-refractivity contribution in [3.8, 4) is 0 Å². The maximum absolute atomic E-state index is 11.2. The van der Waals surface area contributed by atoms with E-state index in [-0.39, 0.29) is 0 Å². The third-order valence-electron chi connectivity index (χ3n) is 2.51. The smallest absolute Gasteiger partial charge is 0.122 e. The number of hydrogen-bond donors (Lipinski definition) is 1. The van der Waals surface area contributed by atoms with Crippen molar-refractivity contribution in [2.45, 2.75) is 11.4 Å². The van der Waals surface area contributed by atoms with Gasteiger partial charge in [-0.25, -0.2) is 9.35 Å². The molecule has 2 N–H and O–H groups in total. The van der Waals surface area contributed by atoms with Crippen molar-refractivity contribution in [1.29, 1.82) is 0 Å². The molecule has 0 spiro atoms. The maximum atomic E-state index is 11.2. The van der Waals surface area contributed by atoms with Crippen molar-refractivity contribution in [2.24, 2.45) is 5.14 Å². The molecule has 96 valence electrons. The summed E-state index contributed by atoms with van der Waals surface area (Å²) in [6.45, 7) is 2.88. The van der Waals surface area contributed by atoms with Gasteiger partial charge in [0.1, 0.15) is 11.0 Å². The third-order valence-corrected chi connectivity index (χ3v) is 3.23. The molecule has 0 aliphatic carbocycles. The van der Waals surface area contributed by atoms with Crippen LogP contribution in [0.5, 0.6) is 0 Å². The van der Waals surface area contributed by atoms with Crippen LogP contribution in [-0.4, -0.2) is 48.2 Å². The second kappa shape index (κ2) is 6.86. The molecule has 0 amide bonds. The molecule has 4 nitrogen and oxygen atoms in total. The topological polar surface area (TPSA) is 49.6 Å². The number of rotatable bonds is 6. The van der Waals surface area contributed by atoms with E-state index < -0.39 is 11.0 Å². The molecule has 0 aliphatic heterocycles. The summed E-state index contributed by atoms with van der Waals surface area (Å²) in [5.74, 6) is 0. The fourth-order valence-corrected chi connectivity index (χ4v) is 2.01. The minimum Gasteiger partial charge on any atom is -0.308 e. The van der Waals surface area contributed by atoms with Gasteiger partial charge in [-0.3, -0.25) is 0 Å². The molecule has 1 rings (SSSR count). The van der Waals surface area contributed by atoms with E-state index in [1.165, 1.54) is 0 Å². The van der Waals surface area contributed by atoms with Crippen LogP contribution in [0.1, 0.15) is 5.56 Å². The molecule has 0 aromatic heterocycles. The summed E-state index contributed by atoms with van der Waals surface area (Å²) in [4.78, 5) is 5.07. The summed E-state index contributed by atoms with van der Waals surface area (Å²) < 4.78 is 11.2. The van der Waals surface area contributed by atoms with Crippen LogP contribution in [-0.2, 0) is 17.5 Å². The Morgan fingerprint density at radius 3 is 2.53 bits per heavy atom. The van der Waals surface area contributed by atoms with Gasteiger partial charge in [-0.1, -0.05) is 12.1 Å². The predicted octanol–water partition coefficient (Wildman–Crippen LogP) is 0.661. The summed E-state index contributed by atoms with van der Waals surface area (Å²) in [6.07, 6.45) is 0. The van der Waals surface area contributed by atoms with E-state index in [0.29, 0.717) is 4.90 Å². The first-order chi connectivity index (χ1) is 7.99. The molecule has 17 heavy (non-hydrogen) atoms. The number of likely N-dealkylation sites (N-methyl/N-ethyl adjacent to an activating group) is 2. The average molecular weight is 255 g/mol. The summed E-state index contributed by atoms with van der Waals surface area (Å²) in [5, 5.41) is 5.36. The van der Waals surface area contributed by atoms with Crippen molar-refractivity contribution in [3.63, 3.8) is 0 Å². The summed E-state index contributed by atoms with van der Waals surface area (Å²) >= 11 is 0. The first-order valence-corrected chi connectivity index (χ1v) is 6.78. The molecule has 0 heterocycles. The van der Waals surface area contributed by atoms with Gasteiger partial charge in [0.25, 0.3) is 0 Å². The molecule has 1 unspecified atom stereocenters. The monoisotopic (exact) mass is 255 g/mol. The van der Waals surface area contributed by atoms with Crippen molar-refractivity contribution >= 4 is 11.0 Å². The van der Waals surface area contributed by atoms with Gasteiger partial charge >= 0.3 is 0 Å². The Morgan fingerprint density at radius 2 is 1.94 bits per heavy atom. The fraction of sp³-hybridized carbons (Fsp3) is 0.500. The zero-order chi connectivity index (χ0) is 12.8. The standard InChI is InChI=1S/C12H21N3OS/c1-14(2)7-8-15(3)10-11-5-4-6-12(9-11)17(13)16/h4-6,9H,7-8,10,13H2,1-3H3. The van der Waals surface area contributed by atoms with Gasteiger partial charge in [0.2, 0.25) is 0 Å². The highest BCUT2D eigenvalue weighted by Crippen LogP contribution is 2.09. The Balaban J connectivity index is 2.56. The second-order valence-electron chi connectivity index (χ2n) is 4.49. The summed E-state index contributed by atoms with van der Waals surface area (Å²) in [6, 6.07) is 7.62. The van der Waals surface area contributed by atoms with Crippen LogP contribution >= 0.6 is 0 Å². The largest absolute Gasteiger partial charge is 0.308 e. The Labute approximate surface area is 106 Å². The van der Waals surface area contributed by atoms with Gasteiger partial charge in [-0.15, -0.1) is 0 Å². The lowest BCUT2D eigenvalue weighted by Gasteiger charge is -2.19. The maximum Gasteiger partial charge on any atom is 0.122 e. The van der Waals surface area contributed by atoms with Gasteiger partial charge in [-0.05, 0) is 38.8 Å². The van der Waals surface area contributed by atoms with E-state index in [2.05, 4.69) is 30.9 Å². The van der Waals surface area contributed by atoms with Crippen LogP contribution in [0.3, 0.4) is 0 Å². The number of nitrogens with zero attached hydrogens (tertiary/aromatic N) is 2. The highest BCUT2D eigenvalue weighted by atomic mass is 32.2. The minimum absolute atomic E-state index is 0.684. The third kappa shape index (κ3) is 5.41. The molecular weight excluding hydrogens is 234 g/mol. The van der Waals surface area contributed by atoms with Crippen LogP contribution in [0.25, 0.3) is 0 Å². The molecule has 0 aliphatic rings. The van der Waals surface area contributed by atoms with Gasteiger partial charge in [0, 0.05) is 19.6 Å². The van der Waals surface area contributed by atoms with Crippen molar-refractivity contribution in [1.82, 2.24) is 9.80 Å². The highest BCUT2D eigenvalue weighted by molar-refractivity contribution is 7.82. The molecular formula is C12H21N3OS. The molecule has 1 aromatic rings. The minimum atomic E-state index is -1.39. The van der Waals surface area contributed by atoms with E-state index in [0.717, 1.165) is 25.2 Å². The molecule has 0 fully saturated rings. The van der Waals surface area contributed by atoms with E-state index in [9.17, 15) is 4.21 Å². The Hall–Kier alpha value is -0.750. The van der Waals surface area contributed by atoms with Crippen LogP contribution < -0.4 is 5.14 Å². The van der Waals surface area contributed by atoms with Gasteiger partial charge in [0.15, 0.2) is 0 Å². The number of benzene rings is 1. The second-order valence-corrected chi connectivity index (χ2v) is 5.55. The van der Waals surface area contributed by atoms with Crippen LogP contribution in [0.15, 0.2) is 29.2 Å². The Morgan fingerprint density at radius 1 is 1.24 bits per heavy atom. The summed E-state index contributed by atoms with van der Waals surface area (Å²) in [7, 11) is 4.81. The SMILES string of the molecule is CN(C)CCN(C)Cc1cccc(S(N)=O)c1. The molecule has 5 heteroatoms. The molecule has 1 atom stereocenters. The average Bonchev–Trinajstić information content (AvgIpc) is 2.26. The normalized spacial score (nSPS) is 13.3. The van der Waals surface area contributed by atoms with Crippen molar-refractivity contribution in [3.05, 3.63) is 29.8 Å². The van der Waals surface area contributed by atoms with Crippen LogP contribution in [0.2, 0.25) is 0 Å².